The zero-order valence-electron chi connectivity index (χ0n) is 18.8. The third-order valence-electron chi connectivity index (χ3n) is 5.79. The van der Waals surface area contributed by atoms with Crippen molar-refractivity contribution in [1.29, 1.82) is 0 Å². The van der Waals surface area contributed by atoms with Crippen molar-refractivity contribution in [3.63, 3.8) is 0 Å². The van der Waals surface area contributed by atoms with Gasteiger partial charge in [-0.25, -0.2) is 0 Å². The topological polar surface area (TPSA) is 31.2 Å². The van der Waals surface area contributed by atoms with Gasteiger partial charge in [-0.2, -0.15) is 0 Å². The Balaban J connectivity index is 1.37. The lowest BCUT2D eigenvalue weighted by molar-refractivity contribution is 0.143. The van der Waals surface area contributed by atoms with E-state index < -0.39 is 0 Å². The summed E-state index contributed by atoms with van der Waals surface area (Å²) in [5.41, 5.74) is 3.35. The first-order chi connectivity index (χ1) is 16.6. The maximum absolute atomic E-state index is 6.15. The molecule has 1 saturated heterocycles. The van der Waals surface area contributed by atoms with Gasteiger partial charge in [0.15, 0.2) is 0 Å². The van der Waals surface area contributed by atoms with Crippen molar-refractivity contribution in [3.05, 3.63) is 105 Å². The van der Waals surface area contributed by atoms with Crippen molar-refractivity contribution in [1.82, 2.24) is 9.80 Å². The number of benzene rings is 3. The van der Waals surface area contributed by atoms with E-state index in [1.54, 1.807) is 0 Å². The van der Waals surface area contributed by atoms with Crippen LogP contribution in [0.15, 0.2) is 82.8 Å². The molecule has 4 nitrogen and oxygen atoms in total. The number of hydrogen-bond donors (Lipinski definition) is 0. The predicted molar refractivity (Wildman–Crippen MR) is 145 cm³/mol. The SMILES string of the molecule is Clc1ccc(C=NCCN2CCN(CCN=Cc3ccc(Cl)cc3)C2c2ccc(Cl)cc2)cc1. The first-order valence-corrected chi connectivity index (χ1v) is 12.5. The molecule has 176 valence electrons. The van der Waals surface area contributed by atoms with E-state index in [9.17, 15) is 0 Å². The molecule has 0 unspecified atom stereocenters. The molecule has 34 heavy (non-hydrogen) atoms. The molecule has 1 fully saturated rings. The normalized spacial score (nSPS) is 17.3. The van der Waals surface area contributed by atoms with E-state index >= 15 is 0 Å². The molecular weight excluding hydrogens is 487 g/mol. The van der Waals surface area contributed by atoms with E-state index in [1.165, 1.54) is 5.56 Å². The molecule has 0 amide bonds. The molecule has 1 heterocycles. The van der Waals surface area contributed by atoms with Crippen LogP contribution in [0.2, 0.25) is 15.1 Å². The highest BCUT2D eigenvalue weighted by atomic mass is 35.5. The Morgan fingerprint density at radius 1 is 0.618 bits per heavy atom. The van der Waals surface area contributed by atoms with Gasteiger partial charge in [-0.05, 0) is 53.1 Å². The molecule has 0 aromatic heterocycles. The van der Waals surface area contributed by atoms with Gasteiger partial charge in [-0.3, -0.25) is 19.8 Å². The van der Waals surface area contributed by atoms with Crippen LogP contribution < -0.4 is 0 Å². The largest absolute Gasteiger partial charge is 0.291 e. The van der Waals surface area contributed by atoms with Gasteiger partial charge in [0.05, 0.1) is 19.3 Å². The number of halogens is 3. The summed E-state index contributed by atoms with van der Waals surface area (Å²) < 4.78 is 0. The summed E-state index contributed by atoms with van der Waals surface area (Å²) in [6.45, 7) is 5.20. The fourth-order valence-electron chi connectivity index (χ4n) is 4.07. The lowest BCUT2D eigenvalue weighted by atomic mass is 10.1. The molecule has 0 bridgehead atoms. The molecule has 1 aliphatic rings. The van der Waals surface area contributed by atoms with Crippen LogP contribution in [-0.4, -0.2) is 61.5 Å². The van der Waals surface area contributed by atoms with Crippen molar-refractivity contribution >= 4 is 47.2 Å². The van der Waals surface area contributed by atoms with Gasteiger partial charge in [0.1, 0.15) is 0 Å². The molecule has 1 aliphatic heterocycles. The second-order valence-electron chi connectivity index (χ2n) is 8.17. The third-order valence-corrected chi connectivity index (χ3v) is 6.54. The van der Waals surface area contributed by atoms with Gasteiger partial charge in [0.2, 0.25) is 0 Å². The Kier molecular flexibility index (Phi) is 9.14. The lowest BCUT2D eigenvalue weighted by Gasteiger charge is -2.30. The van der Waals surface area contributed by atoms with Gasteiger partial charge >= 0.3 is 0 Å². The van der Waals surface area contributed by atoms with Crippen LogP contribution in [0.3, 0.4) is 0 Å². The highest BCUT2D eigenvalue weighted by Crippen LogP contribution is 2.30. The Labute approximate surface area is 216 Å². The summed E-state index contributed by atoms with van der Waals surface area (Å²) in [6.07, 6.45) is 4.01. The fourth-order valence-corrected chi connectivity index (χ4v) is 4.45. The maximum Gasteiger partial charge on any atom is 0.0888 e. The average molecular weight is 514 g/mol. The zero-order valence-corrected chi connectivity index (χ0v) is 21.1. The van der Waals surface area contributed by atoms with Crippen LogP contribution in [-0.2, 0) is 0 Å². The number of nitrogens with zero attached hydrogens (tertiary/aromatic N) is 4. The van der Waals surface area contributed by atoms with Crippen LogP contribution in [0.25, 0.3) is 0 Å². The van der Waals surface area contributed by atoms with Crippen molar-refractivity contribution in [3.8, 4) is 0 Å². The molecular formula is C27H27Cl3N4. The summed E-state index contributed by atoms with van der Waals surface area (Å²) in [5, 5.41) is 2.22. The summed E-state index contributed by atoms with van der Waals surface area (Å²) in [7, 11) is 0. The van der Waals surface area contributed by atoms with Crippen LogP contribution in [0, 0.1) is 0 Å². The summed E-state index contributed by atoms with van der Waals surface area (Å²) >= 11 is 18.1. The van der Waals surface area contributed by atoms with Gasteiger partial charge in [0.25, 0.3) is 0 Å². The number of hydrogen-bond acceptors (Lipinski definition) is 4. The molecule has 0 spiro atoms. The minimum absolute atomic E-state index is 0.189. The fraction of sp³-hybridized carbons (Fsp3) is 0.259. The molecule has 0 atom stereocenters. The first kappa shape index (κ1) is 24.9. The monoisotopic (exact) mass is 512 g/mol. The second-order valence-corrected chi connectivity index (χ2v) is 9.48. The molecule has 4 rings (SSSR count). The van der Waals surface area contributed by atoms with E-state index in [1.807, 2.05) is 73.1 Å². The first-order valence-electron chi connectivity index (χ1n) is 11.3. The summed E-state index contributed by atoms with van der Waals surface area (Å²) in [4.78, 5) is 14.2. The zero-order chi connectivity index (χ0) is 23.8. The van der Waals surface area contributed by atoms with Crippen LogP contribution in [0.5, 0.6) is 0 Å². The van der Waals surface area contributed by atoms with Gasteiger partial charge in [-0.15, -0.1) is 0 Å². The van der Waals surface area contributed by atoms with E-state index in [0.29, 0.717) is 0 Å². The lowest BCUT2D eigenvalue weighted by Crippen LogP contribution is -2.33. The third kappa shape index (κ3) is 7.14. The number of rotatable bonds is 9. The Bertz CT molecular complexity index is 1030. The Morgan fingerprint density at radius 2 is 1.00 bits per heavy atom. The molecule has 3 aromatic rings. The van der Waals surface area contributed by atoms with Crippen molar-refractivity contribution in [2.75, 3.05) is 39.3 Å². The van der Waals surface area contributed by atoms with Crippen LogP contribution in [0.4, 0.5) is 0 Å². The van der Waals surface area contributed by atoms with Gasteiger partial charge < -0.3 is 0 Å². The van der Waals surface area contributed by atoms with E-state index in [4.69, 9.17) is 34.8 Å². The summed E-state index contributed by atoms with van der Waals surface area (Å²) in [6, 6.07) is 23.6. The Hall–Kier alpha value is -2.21. The van der Waals surface area contributed by atoms with Crippen molar-refractivity contribution in [2.45, 2.75) is 6.17 Å². The van der Waals surface area contributed by atoms with Crippen molar-refractivity contribution in [2.24, 2.45) is 9.98 Å². The van der Waals surface area contributed by atoms with E-state index in [0.717, 1.165) is 65.5 Å². The number of aliphatic imine (C=N–C) groups is 2. The molecule has 0 aliphatic carbocycles. The second kappa shape index (κ2) is 12.5. The highest BCUT2D eigenvalue weighted by molar-refractivity contribution is 6.31. The average Bonchev–Trinajstić information content (AvgIpc) is 3.25. The van der Waals surface area contributed by atoms with Gasteiger partial charge in [0, 0.05) is 53.7 Å². The quantitative estimate of drug-likeness (QED) is 0.306. The molecule has 0 saturated carbocycles. The van der Waals surface area contributed by atoms with Crippen LogP contribution >= 0.6 is 34.8 Å². The molecule has 0 N–H and O–H groups in total. The predicted octanol–water partition coefficient (Wildman–Crippen LogP) is 6.50. The molecule has 0 radical (unpaired) electrons. The standard InChI is InChI=1S/C27H27Cl3N4/c28-24-7-1-21(2-8-24)19-31-13-15-33-17-18-34(27(33)23-5-11-26(30)12-6-23)16-14-32-20-22-3-9-25(29)10-4-22/h1-12,19-20,27H,13-18H2. The molecule has 7 heteroatoms. The molecule has 3 aromatic carbocycles. The van der Waals surface area contributed by atoms with E-state index in [-0.39, 0.29) is 6.17 Å². The summed E-state index contributed by atoms with van der Waals surface area (Å²) in [5.74, 6) is 0. The minimum atomic E-state index is 0.189. The van der Waals surface area contributed by atoms with Gasteiger partial charge in [-0.1, -0.05) is 71.2 Å². The smallest absolute Gasteiger partial charge is 0.0888 e. The van der Waals surface area contributed by atoms with Crippen LogP contribution in [0.1, 0.15) is 22.9 Å². The maximum atomic E-state index is 6.15. The van der Waals surface area contributed by atoms with Crippen molar-refractivity contribution < 1.29 is 0 Å². The minimum Gasteiger partial charge on any atom is -0.291 e. The van der Waals surface area contributed by atoms with E-state index in [2.05, 4.69) is 31.9 Å². The Morgan fingerprint density at radius 3 is 1.41 bits per heavy atom. The highest BCUT2D eigenvalue weighted by Gasteiger charge is 2.32.